The van der Waals surface area contributed by atoms with Crippen LogP contribution in [-0.2, 0) is 10.2 Å². The predicted octanol–water partition coefficient (Wildman–Crippen LogP) is 3.33. The van der Waals surface area contributed by atoms with Gasteiger partial charge in [0.15, 0.2) is 0 Å². The van der Waals surface area contributed by atoms with Crippen molar-refractivity contribution < 1.29 is 4.74 Å². The molecule has 1 aromatic carbocycles. The van der Waals surface area contributed by atoms with Gasteiger partial charge in [-0.15, -0.1) is 0 Å². The molecule has 90 valence electrons. The first-order valence-electron chi connectivity index (χ1n) is 5.67. The third-order valence-corrected chi connectivity index (χ3v) is 2.80. The van der Waals surface area contributed by atoms with Crippen molar-refractivity contribution in [3.05, 3.63) is 29.3 Å². The smallest absolute Gasteiger partial charge is 0.118 e. The highest BCUT2D eigenvalue weighted by Crippen LogP contribution is 2.27. The molecule has 0 atom stereocenters. The van der Waals surface area contributed by atoms with Crippen molar-refractivity contribution in [2.75, 3.05) is 25.8 Å². The summed E-state index contributed by atoms with van der Waals surface area (Å²) in [7, 11) is 3.76. The monoisotopic (exact) mass is 221 g/mol. The number of ether oxygens (including phenoxy) is 1. The summed E-state index contributed by atoms with van der Waals surface area (Å²) < 4.78 is 5.14. The number of rotatable bonds is 3. The Morgan fingerprint density at radius 2 is 1.88 bits per heavy atom. The van der Waals surface area contributed by atoms with Crippen LogP contribution in [0.4, 0.5) is 5.69 Å². The van der Waals surface area contributed by atoms with E-state index in [9.17, 15) is 0 Å². The molecule has 0 saturated heterocycles. The Bertz CT molecular complexity index is 352. The van der Waals surface area contributed by atoms with Gasteiger partial charge in [0.1, 0.15) is 6.73 Å². The van der Waals surface area contributed by atoms with Gasteiger partial charge in [0.25, 0.3) is 0 Å². The topological polar surface area (TPSA) is 12.5 Å². The molecule has 2 heteroatoms. The van der Waals surface area contributed by atoms with Gasteiger partial charge in [0.05, 0.1) is 0 Å². The molecule has 0 amide bonds. The molecule has 16 heavy (non-hydrogen) atoms. The van der Waals surface area contributed by atoms with E-state index in [-0.39, 0.29) is 5.41 Å². The van der Waals surface area contributed by atoms with Crippen molar-refractivity contribution >= 4 is 5.69 Å². The molecular weight excluding hydrogens is 198 g/mol. The van der Waals surface area contributed by atoms with Crippen molar-refractivity contribution in [1.82, 2.24) is 0 Å². The van der Waals surface area contributed by atoms with Gasteiger partial charge in [0.2, 0.25) is 0 Å². The lowest BCUT2D eigenvalue weighted by Gasteiger charge is -2.24. The van der Waals surface area contributed by atoms with E-state index < -0.39 is 0 Å². The Kier molecular flexibility index (Phi) is 3.98. The maximum absolute atomic E-state index is 5.14. The zero-order valence-corrected chi connectivity index (χ0v) is 11.3. The van der Waals surface area contributed by atoms with E-state index in [2.05, 4.69) is 50.8 Å². The fourth-order valence-electron chi connectivity index (χ4n) is 1.81. The van der Waals surface area contributed by atoms with E-state index in [1.54, 1.807) is 7.11 Å². The van der Waals surface area contributed by atoms with Crippen LogP contribution >= 0.6 is 0 Å². The van der Waals surface area contributed by atoms with Crippen LogP contribution in [0.25, 0.3) is 0 Å². The Morgan fingerprint density at radius 1 is 1.25 bits per heavy atom. The van der Waals surface area contributed by atoms with E-state index in [0.29, 0.717) is 6.73 Å². The number of aryl methyl sites for hydroxylation is 1. The lowest BCUT2D eigenvalue weighted by molar-refractivity contribution is 0.202. The molecule has 0 aliphatic carbocycles. The van der Waals surface area contributed by atoms with Gasteiger partial charge < -0.3 is 9.64 Å². The van der Waals surface area contributed by atoms with Crippen LogP contribution in [0, 0.1) is 6.92 Å². The second-order valence-corrected chi connectivity index (χ2v) is 5.37. The van der Waals surface area contributed by atoms with Gasteiger partial charge in [-0.1, -0.05) is 32.9 Å². The minimum absolute atomic E-state index is 0.211. The molecule has 2 nitrogen and oxygen atoms in total. The van der Waals surface area contributed by atoms with E-state index >= 15 is 0 Å². The molecule has 0 heterocycles. The first-order valence-corrected chi connectivity index (χ1v) is 5.67. The van der Waals surface area contributed by atoms with Crippen molar-refractivity contribution in [2.45, 2.75) is 33.1 Å². The van der Waals surface area contributed by atoms with Crippen molar-refractivity contribution in [1.29, 1.82) is 0 Å². The molecule has 0 radical (unpaired) electrons. The van der Waals surface area contributed by atoms with Crippen LogP contribution in [0.2, 0.25) is 0 Å². The van der Waals surface area contributed by atoms with Gasteiger partial charge >= 0.3 is 0 Å². The van der Waals surface area contributed by atoms with Crippen molar-refractivity contribution in [2.24, 2.45) is 0 Å². The highest BCUT2D eigenvalue weighted by atomic mass is 16.5. The summed E-state index contributed by atoms with van der Waals surface area (Å²) in [6.07, 6.45) is 0. The van der Waals surface area contributed by atoms with E-state index in [4.69, 9.17) is 4.74 Å². The maximum Gasteiger partial charge on any atom is 0.118 e. The minimum Gasteiger partial charge on any atom is -0.364 e. The van der Waals surface area contributed by atoms with Crippen LogP contribution < -0.4 is 4.90 Å². The largest absolute Gasteiger partial charge is 0.364 e. The van der Waals surface area contributed by atoms with E-state index in [1.165, 1.54) is 16.8 Å². The number of benzene rings is 1. The molecule has 1 aromatic rings. The molecule has 0 bridgehead atoms. The zero-order valence-electron chi connectivity index (χ0n) is 11.3. The van der Waals surface area contributed by atoms with Crippen LogP contribution in [0.1, 0.15) is 31.9 Å². The lowest BCUT2D eigenvalue weighted by atomic mass is 9.86. The summed E-state index contributed by atoms with van der Waals surface area (Å²) in [4.78, 5) is 2.11. The van der Waals surface area contributed by atoms with Gasteiger partial charge in [0, 0.05) is 19.8 Å². The molecule has 0 aliphatic heterocycles. The molecule has 0 aromatic heterocycles. The zero-order chi connectivity index (χ0) is 12.3. The quantitative estimate of drug-likeness (QED) is 0.726. The normalized spacial score (nSPS) is 11.6. The number of anilines is 1. The standard InChI is InChI=1S/C14H23NO/c1-11-9-12(14(2,3)4)7-8-13(11)15(5)10-16-6/h7-9H,10H2,1-6H3. The molecule has 0 spiro atoms. The van der Waals surface area contributed by atoms with Gasteiger partial charge in [-0.3, -0.25) is 0 Å². The lowest BCUT2D eigenvalue weighted by Crippen LogP contribution is -2.21. The molecule has 0 N–H and O–H groups in total. The summed E-state index contributed by atoms with van der Waals surface area (Å²) in [5.41, 5.74) is 4.12. The summed E-state index contributed by atoms with van der Waals surface area (Å²) in [6, 6.07) is 6.64. The highest BCUT2D eigenvalue weighted by Gasteiger charge is 2.15. The van der Waals surface area contributed by atoms with Gasteiger partial charge in [-0.2, -0.15) is 0 Å². The van der Waals surface area contributed by atoms with Gasteiger partial charge in [-0.25, -0.2) is 0 Å². The average molecular weight is 221 g/mol. The second-order valence-electron chi connectivity index (χ2n) is 5.37. The van der Waals surface area contributed by atoms with Crippen LogP contribution in [0.5, 0.6) is 0 Å². The Morgan fingerprint density at radius 3 is 2.31 bits per heavy atom. The molecule has 1 rings (SSSR count). The van der Waals surface area contributed by atoms with E-state index in [0.717, 1.165) is 0 Å². The number of hydrogen-bond donors (Lipinski definition) is 0. The summed E-state index contributed by atoms with van der Waals surface area (Å²) >= 11 is 0. The summed E-state index contributed by atoms with van der Waals surface area (Å²) in [5.74, 6) is 0. The number of methoxy groups -OCH3 is 1. The molecule has 0 saturated carbocycles. The van der Waals surface area contributed by atoms with Crippen molar-refractivity contribution in [3.8, 4) is 0 Å². The molecule has 0 fully saturated rings. The first kappa shape index (κ1) is 13.0. The van der Waals surface area contributed by atoms with Crippen LogP contribution in [0.3, 0.4) is 0 Å². The van der Waals surface area contributed by atoms with Crippen LogP contribution in [0.15, 0.2) is 18.2 Å². The predicted molar refractivity (Wildman–Crippen MR) is 70.2 cm³/mol. The fourth-order valence-corrected chi connectivity index (χ4v) is 1.81. The number of nitrogens with zero attached hydrogens (tertiary/aromatic N) is 1. The fraction of sp³-hybridized carbons (Fsp3) is 0.571. The maximum atomic E-state index is 5.14. The summed E-state index contributed by atoms with van der Waals surface area (Å²) in [6.45, 7) is 9.48. The minimum atomic E-state index is 0.211. The first-order chi connectivity index (χ1) is 7.36. The van der Waals surface area contributed by atoms with Crippen LogP contribution in [-0.4, -0.2) is 20.9 Å². The Labute approximate surface area is 99.2 Å². The molecule has 0 unspecified atom stereocenters. The number of hydrogen-bond acceptors (Lipinski definition) is 2. The third-order valence-electron chi connectivity index (χ3n) is 2.80. The Hall–Kier alpha value is -1.02. The molecule has 0 aliphatic rings. The van der Waals surface area contributed by atoms with E-state index in [1.807, 2.05) is 7.05 Å². The highest BCUT2D eigenvalue weighted by molar-refractivity contribution is 5.54. The Balaban J connectivity index is 3.00. The summed E-state index contributed by atoms with van der Waals surface area (Å²) in [5, 5.41) is 0. The van der Waals surface area contributed by atoms with Gasteiger partial charge in [-0.05, 0) is 29.5 Å². The second kappa shape index (κ2) is 4.88. The third kappa shape index (κ3) is 2.99. The molecular formula is C14H23NO. The van der Waals surface area contributed by atoms with Crippen molar-refractivity contribution in [3.63, 3.8) is 0 Å². The SMILES string of the molecule is COCN(C)c1ccc(C(C)(C)C)cc1C. The average Bonchev–Trinajstić information content (AvgIpc) is 2.16.